The van der Waals surface area contributed by atoms with Crippen LogP contribution in [0.3, 0.4) is 0 Å². The number of anilines is 1. The molecule has 1 saturated heterocycles. The first-order valence-corrected chi connectivity index (χ1v) is 8.59. The van der Waals surface area contributed by atoms with E-state index in [1.54, 1.807) is 0 Å². The van der Waals surface area contributed by atoms with Crippen molar-refractivity contribution < 1.29 is 13.6 Å². The number of aromatic nitrogens is 3. The molecule has 3 aromatic rings. The van der Waals surface area contributed by atoms with Crippen LogP contribution < -0.4 is 4.90 Å². The van der Waals surface area contributed by atoms with Crippen molar-refractivity contribution in [2.45, 2.75) is 19.8 Å². The lowest BCUT2D eigenvalue weighted by atomic mass is 9.88. The molecule has 0 atom stereocenters. The minimum atomic E-state index is -0.667. The Balaban J connectivity index is 1.53. The fraction of sp³-hybridized carbons (Fsp3) is 0.316. The van der Waals surface area contributed by atoms with Crippen LogP contribution in [0.15, 0.2) is 30.5 Å². The molecule has 1 aliphatic rings. The Morgan fingerprint density at radius 1 is 1.19 bits per heavy atom. The van der Waals surface area contributed by atoms with Crippen LogP contribution in [-0.4, -0.2) is 33.8 Å². The number of hydrogen-bond donors (Lipinski definition) is 1. The summed E-state index contributed by atoms with van der Waals surface area (Å²) in [6, 6.07) is 4.95. The lowest BCUT2D eigenvalue weighted by Gasteiger charge is -2.32. The summed E-state index contributed by atoms with van der Waals surface area (Å²) in [5.74, 6) is -0.385. The second kappa shape index (κ2) is 6.48. The van der Waals surface area contributed by atoms with Gasteiger partial charge in [-0.15, -0.1) is 0 Å². The smallest absolute Gasteiger partial charge is 0.169 e. The average Bonchev–Trinajstić information content (AvgIpc) is 3.11. The molecular formula is C19H18F2N4O. The number of aryl methyl sites for hydroxylation is 1. The van der Waals surface area contributed by atoms with Crippen LogP contribution in [-0.2, 0) is 0 Å². The van der Waals surface area contributed by atoms with Crippen molar-refractivity contribution in [2.24, 2.45) is 5.92 Å². The van der Waals surface area contributed by atoms with Crippen LogP contribution in [0, 0.1) is 24.5 Å². The van der Waals surface area contributed by atoms with Crippen molar-refractivity contribution in [3.8, 4) is 0 Å². The number of fused-ring (bicyclic) bond motifs is 1. The van der Waals surface area contributed by atoms with Gasteiger partial charge in [0.15, 0.2) is 5.78 Å². The first kappa shape index (κ1) is 16.6. The zero-order valence-electron chi connectivity index (χ0n) is 14.3. The number of ketones is 1. The summed E-state index contributed by atoms with van der Waals surface area (Å²) >= 11 is 0. The van der Waals surface area contributed by atoms with Gasteiger partial charge in [0, 0.05) is 25.2 Å². The molecule has 0 saturated carbocycles. The van der Waals surface area contributed by atoms with Gasteiger partial charge in [-0.1, -0.05) is 0 Å². The summed E-state index contributed by atoms with van der Waals surface area (Å²) in [4.78, 5) is 26.7. The number of halogens is 2. The third-order valence-electron chi connectivity index (χ3n) is 4.87. The lowest BCUT2D eigenvalue weighted by Crippen LogP contribution is -2.37. The second-order valence-corrected chi connectivity index (χ2v) is 6.58. The van der Waals surface area contributed by atoms with Crippen LogP contribution >= 0.6 is 0 Å². The molecule has 5 nitrogen and oxygen atoms in total. The Hall–Kier alpha value is -2.83. The van der Waals surface area contributed by atoms with E-state index in [2.05, 4.69) is 19.9 Å². The van der Waals surface area contributed by atoms with Crippen LogP contribution in [0.2, 0.25) is 0 Å². The molecular weight excluding hydrogens is 338 g/mol. The molecule has 3 heterocycles. The van der Waals surface area contributed by atoms with Crippen LogP contribution in [0.1, 0.15) is 29.0 Å². The highest BCUT2D eigenvalue weighted by atomic mass is 19.1. The highest BCUT2D eigenvalue weighted by molar-refractivity contribution is 5.98. The van der Waals surface area contributed by atoms with E-state index >= 15 is 0 Å². The molecule has 1 aromatic carbocycles. The third kappa shape index (κ3) is 2.94. The number of H-pyrrole nitrogens is 1. The molecule has 0 bridgehead atoms. The van der Waals surface area contributed by atoms with Gasteiger partial charge in [-0.3, -0.25) is 4.79 Å². The molecule has 134 valence electrons. The summed E-state index contributed by atoms with van der Waals surface area (Å²) in [6.07, 6.45) is 2.97. The molecule has 4 rings (SSSR count). The Labute approximate surface area is 149 Å². The van der Waals surface area contributed by atoms with Gasteiger partial charge >= 0.3 is 0 Å². The van der Waals surface area contributed by atoms with Gasteiger partial charge in [0.25, 0.3) is 0 Å². The number of nitrogens with one attached hydrogen (secondary N) is 1. The fourth-order valence-corrected chi connectivity index (χ4v) is 3.53. The number of carbonyl (C=O) groups is 1. The lowest BCUT2D eigenvalue weighted by molar-refractivity contribution is 0.0895. The number of carbonyl (C=O) groups excluding carboxylic acids is 1. The quantitative estimate of drug-likeness (QED) is 0.728. The molecule has 26 heavy (non-hydrogen) atoms. The molecule has 7 heteroatoms. The second-order valence-electron chi connectivity index (χ2n) is 6.58. The Kier molecular flexibility index (Phi) is 4.14. The SMILES string of the molecule is Cc1nc(N2CCC(C(=O)c3cc(F)ccc3F)CC2)c2cc[nH]c2n1. The van der Waals surface area contributed by atoms with Crippen molar-refractivity contribution in [1.29, 1.82) is 0 Å². The van der Waals surface area contributed by atoms with E-state index in [-0.39, 0.29) is 17.3 Å². The van der Waals surface area contributed by atoms with E-state index < -0.39 is 11.6 Å². The van der Waals surface area contributed by atoms with E-state index in [4.69, 9.17) is 0 Å². The van der Waals surface area contributed by atoms with Crippen molar-refractivity contribution in [3.63, 3.8) is 0 Å². The van der Waals surface area contributed by atoms with Gasteiger partial charge in [-0.05, 0) is 44.0 Å². The predicted molar refractivity (Wildman–Crippen MR) is 94.3 cm³/mol. The minimum Gasteiger partial charge on any atom is -0.356 e. The Bertz CT molecular complexity index is 977. The number of Topliss-reactive ketones (excluding diaryl/α,β-unsaturated/α-hetero) is 1. The molecule has 1 N–H and O–H groups in total. The van der Waals surface area contributed by atoms with Gasteiger partial charge in [0.1, 0.15) is 28.9 Å². The summed E-state index contributed by atoms with van der Waals surface area (Å²) in [5.41, 5.74) is 0.627. The first-order valence-electron chi connectivity index (χ1n) is 8.59. The predicted octanol–water partition coefficient (Wildman–Crippen LogP) is 3.64. The zero-order chi connectivity index (χ0) is 18.3. The molecule has 1 fully saturated rings. The monoisotopic (exact) mass is 356 g/mol. The maximum absolute atomic E-state index is 13.9. The van der Waals surface area contributed by atoms with Gasteiger partial charge in [0.2, 0.25) is 0 Å². The number of nitrogens with zero attached hydrogens (tertiary/aromatic N) is 3. The molecule has 0 aliphatic carbocycles. The molecule has 0 spiro atoms. The maximum atomic E-state index is 13.9. The van der Waals surface area contributed by atoms with Crippen molar-refractivity contribution in [3.05, 3.63) is 53.5 Å². The van der Waals surface area contributed by atoms with E-state index in [0.717, 1.165) is 35.1 Å². The van der Waals surface area contributed by atoms with Crippen LogP contribution in [0.4, 0.5) is 14.6 Å². The first-order chi connectivity index (χ1) is 12.5. The number of rotatable bonds is 3. The van der Waals surface area contributed by atoms with Gasteiger partial charge < -0.3 is 9.88 Å². The molecule has 0 unspecified atom stereocenters. The average molecular weight is 356 g/mol. The maximum Gasteiger partial charge on any atom is 0.169 e. The molecule has 0 amide bonds. The number of aromatic amines is 1. The summed E-state index contributed by atoms with van der Waals surface area (Å²) in [7, 11) is 0. The molecule has 2 aromatic heterocycles. The van der Waals surface area contributed by atoms with Gasteiger partial charge in [0.05, 0.1) is 10.9 Å². The molecule has 1 aliphatic heterocycles. The van der Waals surface area contributed by atoms with Crippen LogP contribution in [0.25, 0.3) is 11.0 Å². The Morgan fingerprint density at radius 3 is 2.73 bits per heavy atom. The van der Waals surface area contributed by atoms with Gasteiger partial charge in [-0.2, -0.15) is 0 Å². The number of benzene rings is 1. The summed E-state index contributed by atoms with van der Waals surface area (Å²) < 4.78 is 27.3. The van der Waals surface area contributed by atoms with Crippen molar-refractivity contribution in [1.82, 2.24) is 15.0 Å². The summed E-state index contributed by atoms with van der Waals surface area (Å²) in [5, 5.41) is 0.941. The highest BCUT2D eigenvalue weighted by Gasteiger charge is 2.29. The normalized spacial score (nSPS) is 15.6. The number of hydrogen-bond acceptors (Lipinski definition) is 4. The van der Waals surface area contributed by atoms with Crippen LogP contribution in [0.5, 0.6) is 0 Å². The highest BCUT2D eigenvalue weighted by Crippen LogP contribution is 2.29. The number of piperidine rings is 1. The third-order valence-corrected chi connectivity index (χ3v) is 4.87. The Morgan fingerprint density at radius 2 is 1.96 bits per heavy atom. The standard InChI is InChI=1S/C19H18F2N4O/c1-11-23-18-14(4-7-22-18)19(24-11)25-8-5-12(6-9-25)17(26)15-10-13(20)2-3-16(15)21/h2-4,7,10,12H,5-6,8-9H2,1H3,(H,22,23,24). The minimum absolute atomic E-state index is 0.158. The fourth-order valence-electron chi connectivity index (χ4n) is 3.53. The zero-order valence-corrected chi connectivity index (χ0v) is 14.3. The van der Waals surface area contributed by atoms with E-state index in [1.807, 2.05) is 19.2 Å². The topological polar surface area (TPSA) is 61.9 Å². The summed E-state index contributed by atoms with van der Waals surface area (Å²) in [6.45, 7) is 3.10. The van der Waals surface area contributed by atoms with E-state index in [1.165, 1.54) is 0 Å². The largest absolute Gasteiger partial charge is 0.356 e. The van der Waals surface area contributed by atoms with Crippen molar-refractivity contribution >= 4 is 22.6 Å². The van der Waals surface area contributed by atoms with E-state index in [9.17, 15) is 13.6 Å². The van der Waals surface area contributed by atoms with Gasteiger partial charge in [-0.25, -0.2) is 18.7 Å². The van der Waals surface area contributed by atoms with Crippen molar-refractivity contribution in [2.75, 3.05) is 18.0 Å². The molecule has 0 radical (unpaired) electrons. The van der Waals surface area contributed by atoms with E-state index in [0.29, 0.717) is 31.8 Å².